The molecule has 3 nitrogen and oxygen atoms in total. The van der Waals surface area contributed by atoms with Gasteiger partial charge in [-0.3, -0.25) is 5.43 Å². The summed E-state index contributed by atoms with van der Waals surface area (Å²) in [7, 11) is 0. The molecule has 3 rings (SSSR count). The Morgan fingerprint density at radius 1 is 1.32 bits per heavy atom. The van der Waals surface area contributed by atoms with E-state index in [0.717, 1.165) is 24.4 Å². The minimum absolute atomic E-state index is 0.547. The van der Waals surface area contributed by atoms with E-state index in [9.17, 15) is 0 Å². The lowest BCUT2D eigenvalue weighted by atomic mass is 9.74. The molecule has 2 aliphatic rings. The van der Waals surface area contributed by atoms with Crippen LogP contribution in [0, 0.1) is 18.8 Å². The monoisotopic (exact) mass is 271 g/mol. The van der Waals surface area contributed by atoms with Crippen LogP contribution in [0.15, 0.2) is 41.5 Å². The van der Waals surface area contributed by atoms with Crippen molar-refractivity contribution in [1.82, 2.24) is 5.43 Å². The Morgan fingerprint density at radius 3 is 2.84 bits per heavy atom. The molecule has 19 heavy (non-hydrogen) atoms. The largest absolute Gasteiger partial charge is 0.331 e. The summed E-state index contributed by atoms with van der Waals surface area (Å²) in [5, 5.41) is 8.09. The molecule has 0 aliphatic heterocycles. The Hall–Kier alpha value is -1.68. The topological polar surface area (TPSA) is 36.4 Å². The minimum atomic E-state index is 0.547. The van der Waals surface area contributed by atoms with Gasteiger partial charge < -0.3 is 5.32 Å². The molecule has 1 aromatic rings. The first-order valence-corrected chi connectivity index (χ1v) is 7.00. The zero-order valence-electron chi connectivity index (χ0n) is 10.9. The highest BCUT2D eigenvalue weighted by Crippen LogP contribution is 2.39. The van der Waals surface area contributed by atoms with E-state index in [1.807, 2.05) is 12.1 Å². The van der Waals surface area contributed by atoms with Gasteiger partial charge in [0.1, 0.15) is 0 Å². The van der Waals surface area contributed by atoms with Crippen molar-refractivity contribution in [3.63, 3.8) is 0 Å². The van der Waals surface area contributed by atoms with Crippen LogP contribution in [-0.4, -0.2) is 10.8 Å². The second-order valence-electron chi connectivity index (χ2n) is 5.17. The Balaban J connectivity index is 1.52. The first-order valence-electron chi connectivity index (χ1n) is 6.59. The third-order valence-corrected chi connectivity index (χ3v) is 3.97. The number of benzene rings is 1. The number of nitrogens with one attached hydrogen (secondary N) is 2. The van der Waals surface area contributed by atoms with Crippen molar-refractivity contribution >= 4 is 28.7 Å². The Labute approximate surface area is 118 Å². The number of nitrogens with zero attached hydrogens (tertiary/aromatic N) is 1. The van der Waals surface area contributed by atoms with Crippen molar-refractivity contribution < 1.29 is 0 Å². The van der Waals surface area contributed by atoms with Crippen molar-refractivity contribution in [2.24, 2.45) is 16.9 Å². The fraction of sp³-hybridized carbons (Fsp3) is 0.333. The van der Waals surface area contributed by atoms with E-state index in [1.165, 1.54) is 11.3 Å². The van der Waals surface area contributed by atoms with E-state index in [4.69, 9.17) is 12.2 Å². The van der Waals surface area contributed by atoms with Gasteiger partial charge >= 0.3 is 0 Å². The molecule has 0 bridgehead atoms. The summed E-state index contributed by atoms with van der Waals surface area (Å²) in [5.41, 5.74) is 6.40. The van der Waals surface area contributed by atoms with Crippen molar-refractivity contribution in [3.05, 3.63) is 42.0 Å². The van der Waals surface area contributed by atoms with Gasteiger partial charge in [-0.2, -0.15) is 5.10 Å². The van der Waals surface area contributed by atoms with Gasteiger partial charge in [0.2, 0.25) is 0 Å². The highest BCUT2D eigenvalue weighted by atomic mass is 32.1. The maximum absolute atomic E-state index is 5.23. The number of hydrogen-bond donors (Lipinski definition) is 2. The molecule has 0 heterocycles. The number of fused-ring (bicyclic) bond motifs is 1. The standard InChI is InChI=1S/C15H17N3S/c1-10-5-7-12(8-6-10)16-15(19)18-17-14-9-11-3-2-4-13(11)14/h2-3,5-8,11,13H,4,9H2,1H3,(H2,16,18,19)/b17-14-/t11-,13-/m0/s1. The number of hydrogen-bond acceptors (Lipinski definition) is 2. The third-order valence-electron chi connectivity index (χ3n) is 3.77. The van der Waals surface area contributed by atoms with Gasteiger partial charge in [-0.15, -0.1) is 0 Å². The summed E-state index contributed by atoms with van der Waals surface area (Å²) >= 11 is 5.23. The highest BCUT2D eigenvalue weighted by molar-refractivity contribution is 7.80. The quantitative estimate of drug-likeness (QED) is 0.492. The predicted molar refractivity (Wildman–Crippen MR) is 83.3 cm³/mol. The second-order valence-corrected chi connectivity index (χ2v) is 5.58. The van der Waals surface area contributed by atoms with Gasteiger partial charge in [-0.25, -0.2) is 0 Å². The number of hydrazone groups is 1. The minimum Gasteiger partial charge on any atom is -0.331 e. The zero-order chi connectivity index (χ0) is 13.2. The van der Waals surface area contributed by atoms with Gasteiger partial charge in [0.05, 0.1) is 0 Å². The first kappa shape index (κ1) is 12.4. The van der Waals surface area contributed by atoms with E-state index >= 15 is 0 Å². The zero-order valence-corrected chi connectivity index (χ0v) is 11.7. The summed E-state index contributed by atoms with van der Waals surface area (Å²) in [6, 6.07) is 8.13. The molecular weight excluding hydrogens is 254 g/mol. The number of aryl methyl sites for hydroxylation is 1. The molecule has 98 valence electrons. The lowest BCUT2D eigenvalue weighted by molar-refractivity contribution is 0.463. The van der Waals surface area contributed by atoms with Crippen molar-refractivity contribution in [2.75, 3.05) is 5.32 Å². The van der Waals surface area contributed by atoms with E-state index in [0.29, 0.717) is 11.0 Å². The molecule has 0 amide bonds. The van der Waals surface area contributed by atoms with Crippen LogP contribution in [-0.2, 0) is 0 Å². The normalized spacial score (nSPS) is 25.8. The number of thiocarbonyl (C=S) groups is 1. The van der Waals surface area contributed by atoms with Crippen molar-refractivity contribution in [1.29, 1.82) is 0 Å². The van der Waals surface area contributed by atoms with Gasteiger partial charge in [0.25, 0.3) is 0 Å². The van der Waals surface area contributed by atoms with E-state index in [-0.39, 0.29) is 0 Å². The number of allylic oxidation sites excluding steroid dienone is 2. The molecule has 2 N–H and O–H groups in total. The Bertz CT molecular complexity index is 545. The molecule has 1 fully saturated rings. The second kappa shape index (κ2) is 5.13. The smallest absolute Gasteiger partial charge is 0.191 e. The Morgan fingerprint density at radius 2 is 2.11 bits per heavy atom. The molecule has 0 unspecified atom stereocenters. The Kier molecular flexibility index (Phi) is 3.34. The lowest BCUT2D eigenvalue weighted by Crippen LogP contribution is -2.36. The van der Waals surface area contributed by atoms with Crippen LogP contribution >= 0.6 is 12.2 Å². The molecule has 0 spiro atoms. The van der Waals surface area contributed by atoms with Crippen LogP contribution < -0.4 is 10.7 Å². The molecule has 1 aromatic carbocycles. The molecule has 4 heteroatoms. The molecule has 0 radical (unpaired) electrons. The maximum Gasteiger partial charge on any atom is 0.191 e. The fourth-order valence-electron chi connectivity index (χ4n) is 2.58. The van der Waals surface area contributed by atoms with Gasteiger partial charge in [-0.1, -0.05) is 29.8 Å². The lowest BCUT2D eigenvalue weighted by Gasteiger charge is -2.31. The summed E-state index contributed by atoms with van der Waals surface area (Å²) < 4.78 is 0. The number of rotatable bonds is 2. The average Bonchev–Trinajstić information content (AvgIpc) is 2.74. The van der Waals surface area contributed by atoms with Crippen LogP contribution in [0.5, 0.6) is 0 Å². The molecule has 2 aliphatic carbocycles. The fourth-order valence-corrected chi connectivity index (χ4v) is 2.75. The van der Waals surface area contributed by atoms with E-state index in [1.54, 1.807) is 0 Å². The van der Waals surface area contributed by atoms with Gasteiger partial charge in [-0.05, 0) is 50.0 Å². The molecule has 0 aromatic heterocycles. The summed E-state index contributed by atoms with van der Waals surface area (Å²) in [4.78, 5) is 0. The van der Waals surface area contributed by atoms with Crippen LogP contribution in [0.1, 0.15) is 18.4 Å². The van der Waals surface area contributed by atoms with E-state index < -0.39 is 0 Å². The maximum atomic E-state index is 5.23. The summed E-state index contributed by atoms with van der Waals surface area (Å²) in [5.74, 6) is 1.34. The van der Waals surface area contributed by atoms with Gasteiger partial charge in [0.15, 0.2) is 5.11 Å². The SMILES string of the molecule is Cc1ccc(NC(=S)N/N=C2/C[C@@H]3C=CC[C@H]23)cc1. The van der Waals surface area contributed by atoms with Crippen LogP contribution in [0.2, 0.25) is 0 Å². The molecule has 0 saturated heterocycles. The molecular formula is C15H17N3S. The summed E-state index contributed by atoms with van der Waals surface area (Å²) in [6.45, 7) is 2.06. The third kappa shape index (κ3) is 2.68. The van der Waals surface area contributed by atoms with Crippen molar-refractivity contribution in [3.8, 4) is 0 Å². The average molecular weight is 271 g/mol. The van der Waals surface area contributed by atoms with Gasteiger partial charge in [0, 0.05) is 17.3 Å². The molecule has 2 atom stereocenters. The highest BCUT2D eigenvalue weighted by Gasteiger charge is 2.37. The van der Waals surface area contributed by atoms with E-state index in [2.05, 4.69) is 47.1 Å². The van der Waals surface area contributed by atoms with Crippen molar-refractivity contribution in [2.45, 2.75) is 19.8 Å². The van der Waals surface area contributed by atoms with Crippen LogP contribution in [0.4, 0.5) is 5.69 Å². The molecule has 1 saturated carbocycles. The predicted octanol–water partition coefficient (Wildman–Crippen LogP) is 3.23. The first-order chi connectivity index (χ1) is 9.22. The van der Waals surface area contributed by atoms with Crippen LogP contribution in [0.3, 0.4) is 0 Å². The van der Waals surface area contributed by atoms with Crippen LogP contribution in [0.25, 0.3) is 0 Å². The summed E-state index contributed by atoms with van der Waals surface area (Å²) in [6.07, 6.45) is 6.75. The number of anilines is 1.